The van der Waals surface area contributed by atoms with E-state index in [1.165, 1.54) is 0 Å². The van der Waals surface area contributed by atoms with Crippen molar-refractivity contribution >= 4 is 33.3 Å². The number of hydrogen-bond acceptors (Lipinski definition) is 5. The minimum Gasteiger partial charge on any atom is -0.497 e. The first-order valence-corrected chi connectivity index (χ1v) is 5.67. The fourth-order valence-electron chi connectivity index (χ4n) is 1.31. The van der Waals surface area contributed by atoms with E-state index in [0.29, 0.717) is 16.2 Å². The molecular weight excluding hydrogens is 284 g/mol. The van der Waals surface area contributed by atoms with E-state index in [9.17, 15) is 0 Å². The first-order chi connectivity index (χ1) is 8.19. The van der Waals surface area contributed by atoms with E-state index < -0.39 is 0 Å². The van der Waals surface area contributed by atoms with Crippen LogP contribution in [0.4, 0.5) is 17.3 Å². The van der Waals surface area contributed by atoms with Gasteiger partial charge in [0.15, 0.2) is 11.6 Å². The summed E-state index contributed by atoms with van der Waals surface area (Å²) in [6, 6.07) is 7.48. The summed E-state index contributed by atoms with van der Waals surface area (Å²) in [5, 5.41) is 3.08. The maximum absolute atomic E-state index is 5.72. The van der Waals surface area contributed by atoms with E-state index in [-0.39, 0.29) is 0 Å². The molecule has 0 aliphatic carbocycles. The number of benzene rings is 1. The quantitative estimate of drug-likeness (QED) is 0.910. The van der Waals surface area contributed by atoms with Crippen molar-refractivity contribution in [3.8, 4) is 5.75 Å². The molecule has 0 aliphatic heterocycles. The van der Waals surface area contributed by atoms with Crippen LogP contribution < -0.4 is 15.8 Å². The monoisotopic (exact) mass is 294 g/mol. The van der Waals surface area contributed by atoms with Crippen LogP contribution in [0.5, 0.6) is 5.75 Å². The molecule has 0 saturated carbocycles. The van der Waals surface area contributed by atoms with Crippen molar-refractivity contribution in [3.63, 3.8) is 0 Å². The van der Waals surface area contributed by atoms with Gasteiger partial charge in [-0.05, 0) is 28.1 Å². The van der Waals surface area contributed by atoms with Crippen LogP contribution in [-0.2, 0) is 0 Å². The third-order valence-corrected chi connectivity index (χ3v) is 2.49. The van der Waals surface area contributed by atoms with Gasteiger partial charge >= 0.3 is 0 Å². The molecule has 17 heavy (non-hydrogen) atoms. The molecule has 6 heteroatoms. The van der Waals surface area contributed by atoms with Crippen LogP contribution in [0.2, 0.25) is 0 Å². The van der Waals surface area contributed by atoms with E-state index in [1.54, 1.807) is 13.3 Å². The number of nitrogens with zero attached hydrogens (tertiary/aromatic N) is 2. The van der Waals surface area contributed by atoms with E-state index >= 15 is 0 Å². The molecule has 0 spiro atoms. The summed E-state index contributed by atoms with van der Waals surface area (Å²) < 4.78 is 5.75. The molecule has 1 aromatic carbocycles. The third kappa shape index (κ3) is 2.85. The fraction of sp³-hybridized carbons (Fsp3) is 0.0909. The van der Waals surface area contributed by atoms with Gasteiger partial charge in [-0.3, -0.25) is 0 Å². The highest BCUT2D eigenvalue weighted by molar-refractivity contribution is 9.10. The zero-order chi connectivity index (χ0) is 12.3. The maximum atomic E-state index is 5.72. The van der Waals surface area contributed by atoms with Gasteiger partial charge < -0.3 is 15.8 Å². The highest BCUT2D eigenvalue weighted by Crippen LogP contribution is 2.23. The Balaban J connectivity index is 2.27. The minimum absolute atomic E-state index is 0.344. The van der Waals surface area contributed by atoms with Crippen LogP contribution in [0.25, 0.3) is 0 Å². The fourth-order valence-corrected chi connectivity index (χ4v) is 1.59. The molecule has 1 heterocycles. The predicted octanol–water partition coefficient (Wildman–Crippen LogP) is 2.57. The van der Waals surface area contributed by atoms with E-state index in [4.69, 9.17) is 10.5 Å². The molecule has 2 rings (SSSR count). The predicted molar refractivity (Wildman–Crippen MR) is 70.4 cm³/mol. The normalized spacial score (nSPS) is 10.0. The van der Waals surface area contributed by atoms with E-state index in [2.05, 4.69) is 31.2 Å². The Kier molecular flexibility index (Phi) is 3.43. The second-order valence-corrected chi connectivity index (χ2v) is 4.10. The van der Waals surface area contributed by atoms with Gasteiger partial charge in [0.2, 0.25) is 0 Å². The van der Waals surface area contributed by atoms with Crippen molar-refractivity contribution in [1.29, 1.82) is 0 Å². The second kappa shape index (κ2) is 5.01. The summed E-state index contributed by atoms with van der Waals surface area (Å²) in [5.74, 6) is 1.61. The zero-order valence-corrected chi connectivity index (χ0v) is 10.7. The van der Waals surface area contributed by atoms with E-state index in [0.717, 1.165) is 11.4 Å². The largest absolute Gasteiger partial charge is 0.497 e. The summed E-state index contributed by atoms with van der Waals surface area (Å²) in [6.45, 7) is 0. The van der Waals surface area contributed by atoms with Crippen LogP contribution in [0, 0.1) is 0 Å². The molecule has 3 N–H and O–H groups in total. The molecule has 0 saturated heterocycles. The third-order valence-electron chi connectivity index (χ3n) is 2.10. The van der Waals surface area contributed by atoms with Crippen molar-refractivity contribution < 1.29 is 4.74 Å². The van der Waals surface area contributed by atoms with Crippen molar-refractivity contribution in [2.75, 3.05) is 18.2 Å². The van der Waals surface area contributed by atoms with Gasteiger partial charge in [-0.25, -0.2) is 9.97 Å². The SMILES string of the molecule is COc1cccc(Nc2nc(Br)cnc2N)c1. The Hall–Kier alpha value is -1.82. The molecule has 2 aromatic rings. The Morgan fingerprint density at radius 1 is 1.41 bits per heavy atom. The molecule has 0 atom stereocenters. The highest BCUT2D eigenvalue weighted by atomic mass is 79.9. The molecule has 0 unspecified atom stereocenters. The summed E-state index contributed by atoms with van der Waals surface area (Å²) in [7, 11) is 1.62. The molecular formula is C11H11BrN4O. The lowest BCUT2D eigenvalue weighted by Gasteiger charge is -2.08. The molecule has 88 valence electrons. The molecule has 5 nitrogen and oxygen atoms in total. The highest BCUT2D eigenvalue weighted by Gasteiger charge is 2.04. The number of aromatic nitrogens is 2. The van der Waals surface area contributed by atoms with Crippen molar-refractivity contribution in [2.24, 2.45) is 0 Å². The Labute approximate surface area is 107 Å². The second-order valence-electron chi connectivity index (χ2n) is 3.28. The van der Waals surface area contributed by atoms with Gasteiger partial charge in [0, 0.05) is 11.8 Å². The molecule has 0 radical (unpaired) electrons. The lowest BCUT2D eigenvalue weighted by Crippen LogP contribution is -2.01. The topological polar surface area (TPSA) is 73.1 Å². The average molecular weight is 295 g/mol. The number of rotatable bonds is 3. The summed E-state index contributed by atoms with van der Waals surface area (Å²) in [6.07, 6.45) is 1.55. The molecule has 0 fully saturated rings. The first kappa shape index (κ1) is 11.7. The van der Waals surface area contributed by atoms with Gasteiger partial charge in [0.25, 0.3) is 0 Å². The summed E-state index contributed by atoms with van der Waals surface area (Å²) in [5.41, 5.74) is 6.56. The van der Waals surface area contributed by atoms with Crippen molar-refractivity contribution in [2.45, 2.75) is 0 Å². The Bertz CT molecular complexity index is 533. The number of methoxy groups -OCH3 is 1. The molecule has 0 amide bonds. The van der Waals surface area contributed by atoms with Crippen molar-refractivity contribution in [3.05, 3.63) is 35.1 Å². The number of halogens is 1. The lowest BCUT2D eigenvalue weighted by molar-refractivity contribution is 0.415. The van der Waals surface area contributed by atoms with Gasteiger partial charge in [0.1, 0.15) is 10.4 Å². The lowest BCUT2D eigenvalue weighted by atomic mass is 10.3. The van der Waals surface area contributed by atoms with Gasteiger partial charge in [-0.1, -0.05) is 6.07 Å². The first-order valence-electron chi connectivity index (χ1n) is 4.88. The number of anilines is 3. The number of nitrogens with one attached hydrogen (secondary N) is 1. The van der Waals surface area contributed by atoms with Gasteiger partial charge in [0.05, 0.1) is 13.3 Å². The van der Waals surface area contributed by atoms with Crippen LogP contribution in [-0.4, -0.2) is 17.1 Å². The average Bonchev–Trinajstić information content (AvgIpc) is 2.34. The summed E-state index contributed by atoms with van der Waals surface area (Å²) in [4.78, 5) is 8.19. The van der Waals surface area contributed by atoms with Gasteiger partial charge in [-0.15, -0.1) is 0 Å². The maximum Gasteiger partial charge on any atom is 0.174 e. The number of ether oxygens (including phenoxy) is 1. The number of hydrogen-bond donors (Lipinski definition) is 2. The van der Waals surface area contributed by atoms with Crippen LogP contribution in [0.3, 0.4) is 0 Å². The Morgan fingerprint density at radius 2 is 2.24 bits per heavy atom. The van der Waals surface area contributed by atoms with E-state index in [1.807, 2.05) is 24.3 Å². The standard InChI is InChI=1S/C11H11BrN4O/c1-17-8-4-2-3-7(5-8)15-11-10(13)14-6-9(12)16-11/h2-6H,1H3,(H2,13,14)(H,15,16). The van der Waals surface area contributed by atoms with Crippen LogP contribution >= 0.6 is 15.9 Å². The number of nitrogens with two attached hydrogens (primary N) is 1. The smallest absolute Gasteiger partial charge is 0.174 e. The number of nitrogen functional groups attached to an aromatic ring is 1. The van der Waals surface area contributed by atoms with Crippen LogP contribution in [0.1, 0.15) is 0 Å². The Morgan fingerprint density at radius 3 is 3.00 bits per heavy atom. The van der Waals surface area contributed by atoms with Crippen molar-refractivity contribution in [1.82, 2.24) is 9.97 Å². The molecule has 0 aliphatic rings. The van der Waals surface area contributed by atoms with Crippen LogP contribution in [0.15, 0.2) is 35.1 Å². The zero-order valence-electron chi connectivity index (χ0n) is 9.14. The molecule has 0 bridgehead atoms. The molecule has 1 aromatic heterocycles. The summed E-state index contributed by atoms with van der Waals surface area (Å²) >= 11 is 3.24. The van der Waals surface area contributed by atoms with Gasteiger partial charge in [-0.2, -0.15) is 0 Å². The minimum atomic E-state index is 0.344.